The molecule has 0 saturated heterocycles. The monoisotopic (exact) mass is 219 g/mol. The van der Waals surface area contributed by atoms with E-state index in [-0.39, 0.29) is 5.91 Å². The largest absolute Gasteiger partial charge is 0.336 e. The van der Waals surface area contributed by atoms with Crippen molar-refractivity contribution in [2.24, 2.45) is 5.84 Å². The van der Waals surface area contributed by atoms with Crippen LogP contribution in [0.2, 0.25) is 0 Å². The maximum absolute atomic E-state index is 12.1. The Hall–Kier alpha value is -1.55. The molecule has 1 aromatic carbocycles. The second kappa shape index (κ2) is 4.53. The summed E-state index contributed by atoms with van der Waals surface area (Å²) in [5.41, 5.74) is 4.09. The van der Waals surface area contributed by atoms with Crippen molar-refractivity contribution >= 4 is 11.6 Å². The van der Waals surface area contributed by atoms with Crippen molar-refractivity contribution in [3.05, 3.63) is 29.8 Å². The van der Waals surface area contributed by atoms with Crippen molar-refractivity contribution in [3.8, 4) is 0 Å². The minimum atomic E-state index is 0.119. The number of carbonyl (C=O) groups is 1. The van der Waals surface area contributed by atoms with E-state index in [0.717, 1.165) is 30.6 Å². The minimum absolute atomic E-state index is 0.119. The van der Waals surface area contributed by atoms with Gasteiger partial charge in [0.2, 0.25) is 0 Å². The van der Waals surface area contributed by atoms with E-state index in [1.165, 1.54) is 0 Å². The number of amides is 1. The summed E-state index contributed by atoms with van der Waals surface area (Å²) in [5, 5.41) is 0. The Morgan fingerprint density at radius 2 is 2.06 bits per heavy atom. The lowest BCUT2D eigenvalue weighted by Crippen LogP contribution is -2.32. The number of hydrogen-bond donors (Lipinski definition) is 2. The van der Waals surface area contributed by atoms with Gasteiger partial charge in [-0.25, -0.2) is 0 Å². The molecule has 0 unspecified atom stereocenters. The predicted molar refractivity (Wildman–Crippen MR) is 64.0 cm³/mol. The number of nitrogens with zero attached hydrogens (tertiary/aromatic N) is 1. The van der Waals surface area contributed by atoms with Gasteiger partial charge in [-0.05, 0) is 44.0 Å². The molecule has 2 rings (SSSR count). The number of benzene rings is 1. The number of nitrogens with two attached hydrogens (primary N) is 1. The molecule has 0 radical (unpaired) electrons. The molecule has 0 spiro atoms. The van der Waals surface area contributed by atoms with Crippen LogP contribution < -0.4 is 11.3 Å². The molecule has 3 N–H and O–H groups in total. The summed E-state index contributed by atoms with van der Waals surface area (Å²) in [6.07, 6.45) is 2.28. The van der Waals surface area contributed by atoms with Gasteiger partial charge in [0, 0.05) is 23.8 Å². The first-order chi connectivity index (χ1) is 7.76. The average Bonchev–Trinajstić information content (AvgIpc) is 3.14. The molecule has 1 aliphatic carbocycles. The van der Waals surface area contributed by atoms with Gasteiger partial charge in [0.25, 0.3) is 5.91 Å². The quantitative estimate of drug-likeness (QED) is 0.597. The number of nitrogens with one attached hydrogen (secondary N) is 1. The molecule has 1 fully saturated rings. The molecule has 1 aromatic rings. The van der Waals surface area contributed by atoms with E-state index >= 15 is 0 Å². The summed E-state index contributed by atoms with van der Waals surface area (Å²) < 4.78 is 0. The van der Waals surface area contributed by atoms with Crippen LogP contribution in [0.25, 0.3) is 0 Å². The van der Waals surface area contributed by atoms with Gasteiger partial charge < -0.3 is 10.3 Å². The highest BCUT2D eigenvalue weighted by Crippen LogP contribution is 2.28. The Balaban J connectivity index is 2.12. The molecular weight excluding hydrogens is 202 g/mol. The van der Waals surface area contributed by atoms with E-state index in [9.17, 15) is 4.79 Å². The second-order valence-electron chi connectivity index (χ2n) is 4.04. The number of rotatable bonds is 4. The van der Waals surface area contributed by atoms with E-state index in [1.54, 1.807) is 0 Å². The molecule has 0 atom stereocenters. The van der Waals surface area contributed by atoms with Gasteiger partial charge in [-0.15, -0.1) is 0 Å². The highest BCUT2D eigenvalue weighted by Gasteiger charge is 2.31. The summed E-state index contributed by atoms with van der Waals surface area (Å²) in [4.78, 5) is 14.1. The Kier molecular flexibility index (Phi) is 3.10. The van der Waals surface area contributed by atoms with Crippen molar-refractivity contribution in [2.45, 2.75) is 25.8 Å². The van der Waals surface area contributed by atoms with Crippen LogP contribution in [0.15, 0.2) is 24.3 Å². The van der Waals surface area contributed by atoms with Crippen LogP contribution in [-0.2, 0) is 0 Å². The first kappa shape index (κ1) is 11.0. The molecule has 86 valence electrons. The lowest BCUT2D eigenvalue weighted by molar-refractivity contribution is 0.0752. The van der Waals surface area contributed by atoms with E-state index in [0.29, 0.717) is 6.04 Å². The third-order valence-electron chi connectivity index (χ3n) is 2.89. The number of nitrogen functional groups attached to an aromatic ring is 1. The van der Waals surface area contributed by atoms with E-state index in [4.69, 9.17) is 5.84 Å². The zero-order valence-corrected chi connectivity index (χ0v) is 9.44. The summed E-state index contributed by atoms with van der Waals surface area (Å²) in [5.74, 6) is 5.39. The lowest BCUT2D eigenvalue weighted by Gasteiger charge is -2.20. The molecule has 1 amide bonds. The van der Waals surface area contributed by atoms with Crippen LogP contribution in [0.4, 0.5) is 5.69 Å². The minimum Gasteiger partial charge on any atom is -0.336 e. The summed E-state index contributed by atoms with van der Waals surface area (Å²) in [7, 11) is 0. The fourth-order valence-electron chi connectivity index (χ4n) is 1.83. The van der Waals surface area contributed by atoms with Crippen molar-refractivity contribution < 1.29 is 4.79 Å². The van der Waals surface area contributed by atoms with Gasteiger partial charge >= 0.3 is 0 Å². The van der Waals surface area contributed by atoms with Crippen LogP contribution in [0.5, 0.6) is 0 Å². The Morgan fingerprint density at radius 3 is 2.50 bits per heavy atom. The van der Waals surface area contributed by atoms with Gasteiger partial charge in [0.15, 0.2) is 0 Å². The highest BCUT2D eigenvalue weighted by molar-refractivity contribution is 5.94. The molecule has 4 heteroatoms. The standard InChI is InChI=1S/C12H17N3O/c1-2-15(11-7-8-11)12(16)9-3-5-10(14-13)6-4-9/h3-6,11,14H,2,7-8,13H2,1H3. The molecule has 16 heavy (non-hydrogen) atoms. The van der Waals surface area contributed by atoms with Crippen LogP contribution >= 0.6 is 0 Å². The average molecular weight is 219 g/mol. The van der Waals surface area contributed by atoms with E-state index < -0.39 is 0 Å². The zero-order chi connectivity index (χ0) is 11.5. The SMILES string of the molecule is CCN(C(=O)c1ccc(NN)cc1)C1CC1. The molecule has 1 saturated carbocycles. The van der Waals surface area contributed by atoms with E-state index in [1.807, 2.05) is 36.1 Å². The second-order valence-corrected chi connectivity index (χ2v) is 4.04. The van der Waals surface area contributed by atoms with Gasteiger partial charge in [0.05, 0.1) is 0 Å². The number of carbonyl (C=O) groups excluding carboxylic acids is 1. The molecule has 0 aromatic heterocycles. The fraction of sp³-hybridized carbons (Fsp3) is 0.417. The molecule has 0 bridgehead atoms. The molecule has 1 aliphatic rings. The van der Waals surface area contributed by atoms with Gasteiger partial charge in [0.1, 0.15) is 0 Å². The van der Waals surface area contributed by atoms with Crippen LogP contribution in [0, 0.1) is 0 Å². The van der Waals surface area contributed by atoms with Crippen molar-refractivity contribution in [1.82, 2.24) is 4.90 Å². The normalized spacial score (nSPS) is 14.6. The Bertz CT molecular complexity index is 370. The zero-order valence-electron chi connectivity index (χ0n) is 9.44. The fourth-order valence-corrected chi connectivity index (χ4v) is 1.83. The maximum atomic E-state index is 12.1. The van der Waals surface area contributed by atoms with Crippen molar-refractivity contribution in [2.75, 3.05) is 12.0 Å². The summed E-state index contributed by atoms with van der Waals surface area (Å²) >= 11 is 0. The third kappa shape index (κ3) is 2.17. The predicted octanol–water partition coefficient (Wildman–Crippen LogP) is 1.60. The third-order valence-corrected chi connectivity index (χ3v) is 2.89. The van der Waals surface area contributed by atoms with Crippen LogP contribution in [0.1, 0.15) is 30.1 Å². The maximum Gasteiger partial charge on any atom is 0.254 e. The first-order valence-electron chi connectivity index (χ1n) is 5.64. The van der Waals surface area contributed by atoms with Gasteiger partial charge in [-0.2, -0.15) is 0 Å². The number of hydrogen-bond acceptors (Lipinski definition) is 3. The number of anilines is 1. The lowest BCUT2D eigenvalue weighted by atomic mass is 10.2. The topological polar surface area (TPSA) is 58.4 Å². The smallest absolute Gasteiger partial charge is 0.254 e. The Labute approximate surface area is 95.4 Å². The van der Waals surface area contributed by atoms with Crippen LogP contribution in [0.3, 0.4) is 0 Å². The molecule has 4 nitrogen and oxygen atoms in total. The van der Waals surface area contributed by atoms with Gasteiger partial charge in [-0.1, -0.05) is 0 Å². The molecule has 0 heterocycles. The summed E-state index contributed by atoms with van der Waals surface area (Å²) in [6, 6.07) is 7.71. The highest BCUT2D eigenvalue weighted by atomic mass is 16.2. The first-order valence-corrected chi connectivity index (χ1v) is 5.64. The van der Waals surface area contributed by atoms with Crippen molar-refractivity contribution in [3.63, 3.8) is 0 Å². The Morgan fingerprint density at radius 1 is 1.44 bits per heavy atom. The summed E-state index contributed by atoms with van der Waals surface area (Å²) in [6.45, 7) is 2.80. The van der Waals surface area contributed by atoms with Gasteiger partial charge in [-0.3, -0.25) is 10.6 Å². The van der Waals surface area contributed by atoms with Crippen molar-refractivity contribution in [1.29, 1.82) is 0 Å². The van der Waals surface area contributed by atoms with Crippen LogP contribution in [-0.4, -0.2) is 23.4 Å². The molecular formula is C12H17N3O. The molecule has 0 aliphatic heterocycles. The number of hydrazine groups is 1. The van der Waals surface area contributed by atoms with E-state index in [2.05, 4.69) is 5.43 Å².